The molecule has 3 aromatic rings. The Morgan fingerprint density at radius 3 is 2.68 bits per heavy atom. The van der Waals surface area contributed by atoms with Gasteiger partial charge in [0.05, 0.1) is 17.2 Å². The minimum atomic E-state index is 0.422. The Labute approximate surface area is 110 Å². The van der Waals surface area contributed by atoms with Crippen LogP contribution in [0.2, 0.25) is 0 Å². The van der Waals surface area contributed by atoms with Gasteiger partial charge in [0.1, 0.15) is 18.2 Å². The van der Waals surface area contributed by atoms with E-state index in [0.29, 0.717) is 12.4 Å². The topological polar surface area (TPSA) is 61.0 Å². The van der Waals surface area contributed by atoms with E-state index in [1.165, 1.54) is 0 Å². The lowest BCUT2D eigenvalue weighted by molar-refractivity contribution is 0.306. The predicted octanol–water partition coefficient (Wildman–Crippen LogP) is 2.79. The van der Waals surface area contributed by atoms with Gasteiger partial charge in [0, 0.05) is 6.07 Å². The molecule has 0 spiro atoms. The summed E-state index contributed by atoms with van der Waals surface area (Å²) in [4.78, 5) is 8.42. The monoisotopic (exact) mass is 251 g/mol. The third-order valence-electron chi connectivity index (χ3n) is 2.78. The maximum Gasteiger partial charge on any atom is 0.142 e. The van der Waals surface area contributed by atoms with Gasteiger partial charge in [0.25, 0.3) is 0 Å². The summed E-state index contributed by atoms with van der Waals surface area (Å²) in [5.74, 6) is 1.20. The fourth-order valence-corrected chi connectivity index (χ4v) is 1.84. The molecular weight excluding hydrogens is 238 g/mol. The molecule has 0 bridgehead atoms. The standard InChI is InChI=1S/C15H13N3O/c16-15-9-17-14-8-12(6-7-13(14)18-15)19-10-11-4-2-1-3-5-11/h1-9H,10H2,(H2,16,18). The van der Waals surface area contributed by atoms with E-state index in [9.17, 15) is 0 Å². The number of ether oxygens (including phenoxy) is 1. The smallest absolute Gasteiger partial charge is 0.142 e. The van der Waals surface area contributed by atoms with E-state index in [-0.39, 0.29) is 0 Å². The minimum absolute atomic E-state index is 0.422. The zero-order valence-corrected chi connectivity index (χ0v) is 10.3. The number of aromatic nitrogens is 2. The lowest BCUT2D eigenvalue weighted by atomic mass is 10.2. The summed E-state index contributed by atoms with van der Waals surface area (Å²) < 4.78 is 5.73. The fraction of sp³-hybridized carbons (Fsp3) is 0.0667. The van der Waals surface area contributed by atoms with Gasteiger partial charge in [0.15, 0.2) is 0 Å². The highest BCUT2D eigenvalue weighted by atomic mass is 16.5. The van der Waals surface area contributed by atoms with Crippen LogP contribution in [0, 0.1) is 0 Å². The molecule has 0 aliphatic heterocycles. The highest BCUT2D eigenvalue weighted by Crippen LogP contribution is 2.19. The van der Waals surface area contributed by atoms with Gasteiger partial charge < -0.3 is 10.5 Å². The molecule has 0 fully saturated rings. The first-order chi connectivity index (χ1) is 9.31. The van der Waals surface area contributed by atoms with Crippen LogP contribution in [0.3, 0.4) is 0 Å². The van der Waals surface area contributed by atoms with Crippen molar-refractivity contribution in [2.24, 2.45) is 0 Å². The van der Waals surface area contributed by atoms with Crippen LogP contribution in [-0.4, -0.2) is 9.97 Å². The van der Waals surface area contributed by atoms with Gasteiger partial charge >= 0.3 is 0 Å². The van der Waals surface area contributed by atoms with E-state index in [4.69, 9.17) is 10.5 Å². The lowest BCUT2D eigenvalue weighted by Crippen LogP contribution is -1.96. The van der Waals surface area contributed by atoms with E-state index >= 15 is 0 Å². The molecular formula is C15H13N3O. The third kappa shape index (κ3) is 2.63. The summed E-state index contributed by atoms with van der Waals surface area (Å²) in [5.41, 5.74) is 8.27. The Hall–Kier alpha value is -2.62. The van der Waals surface area contributed by atoms with E-state index < -0.39 is 0 Å². The Balaban J connectivity index is 1.80. The van der Waals surface area contributed by atoms with Gasteiger partial charge in [-0.05, 0) is 17.7 Å². The van der Waals surface area contributed by atoms with Crippen molar-refractivity contribution in [2.45, 2.75) is 6.61 Å². The van der Waals surface area contributed by atoms with Gasteiger partial charge in [-0.3, -0.25) is 4.98 Å². The van der Waals surface area contributed by atoms with E-state index in [0.717, 1.165) is 22.3 Å². The molecule has 0 aliphatic carbocycles. The highest BCUT2D eigenvalue weighted by molar-refractivity contribution is 5.76. The van der Waals surface area contributed by atoms with Crippen molar-refractivity contribution in [2.75, 3.05) is 5.73 Å². The number of nitrogens with two attached hydrogens (primary N) is 1. The zero-order valence-electron chi connectivity index (χ0n) is 10.3. The predicted molar refractivity (Wildman–Crippen MR) is 74.7 cm³/mol. The average molecular weight is 251 g/mol. The average Bonchev–Trinajstić information content (AvgIpc) is 2.46. The van der Waals surface area contributed by atoms with Crippen LogP contribution in [-0.2, 0) is 6.61 Å². The molecule has 1 aromatic heterocycles. The summed E-state index contributed by atoms with van der Waals surface area (Å²) in [6.07, 6.45) is 1.54. The van der Waals surface area contributed by atoms with Gasteiger partial charge in [-0.1, -0.05) is 30.3 Å². The quantitative estimate of drug-likeness (QED) is 0.777. The fourth-order valence-electron chi connectivity index (χ4n) is 1.84. The largest absolute Gasteiger partial charge is 0.489 e. The zero-order chi connectivity index (χ0) is 13.1. The van der Waals surface area contributed by atoms with Crippen molar-refractivity contribution in [3.05, 3.63) is 60.3 Å². The number of benzene rings is 2. The van der Waals surface area contributed by atoms with E-state index in [1.54, 1.807) is 6.20 Å². The Morgan fingerprint density at radius 1 is 1.00 bits per heavy atom. The molecule has 2 aromatic carbocycles. The molecule has 4 heteroatoms. The van der Waals surface area contributed by atoms with Crippen LogP contribution < -0.4 is 10.5 Å². The first-order valence-corrected chi connectivity index (χ1v) is 6.00. The molecule has 0 unspecified atom stereocenters. The van der Waals surface area contributed by atoms with Gasteiger partial charge in [-0.25, -0.2) is 4.98 Å². The number of rotatable bonds is 3. The molecule has 94 valence electrons. The van der Waals surface area contributed by atoms with Crippen LogP contribution >= 0.6 is 0 Å². The molecule has 1 heterocycles. The molecule has 0 radical (unpaired) electrons. The van der Waals surface area contributed by atoms with Crippen molar-refractivity contribution >= 4 is 16.9 Å². The van der Waals surface area contributed by atoms with Crippen LogP contribution in [0.25, 0.3) is 11.0 Å². The molecule has 2 N–H and O–H groups in total. The van der Waals surface area contributed by atoms with Crippen molar-refractivity contribution in [3.8, 4) is 5.75 Å². The highest BCUT2D eigenvalue weighted by Gasteiger charge is 2.01. The van der Waals surface area contributed by atoms with Crippen LogP contribution in [0.1, 0.15) is 5.56 Å². The van der Waals surface area contributed by atoms with Crippen LogP contribution in [0.5, 0.6) is 5.75 Å². The minimum Gasteiger partial charge on any atom is -0.489 e. The Kier molecular flexibility index (Phi) is 2.98. The van der Waals surface area contributed by atoms with E-state index in [1.807, 2.05) is 48.5 Å². The Morgan fingerprint density at radius 2 is 1.84 bits per heavy atom. The number of fused-ring (bicyclic) bond motifs is 1. The summed E-state index contributed by atoms with van der Waals surface area (Å²) in [6, 6.07) is 15.6. The van der Waals surface area contributed by atoms with Crippen molar-refractivity contribution < 1.29 is 4.74 Å². The summed E-state index contributed by atoms with van der Waals surface area (Å²) in [5, 5.41) is 0. The second kappa shape index (κ2) is 4.94. The Bertz CT molecular complexity index is 698. The molecule has 3 rings (SSSR count). The second-order valence-corrected chi connectivity index (χ2v) is 4.22. The van der Waals surface area contributed by atoms with E-state index in [2.05, 4.69) is 9.97 Å². The van der Waals surface area contributed by atoms with Gasteiger partial charge in [0.2, 0.25) is 0 Å². The van der Waals surface area contributed by atoms with Gasteiger partial charge in [-0.15, -0.1) is 0 Å². The summed E-state index contributed by atoms with van der Waals surface area (Å²) in [6.45, 7) is 0.536. The molecule has 19 heavy (non-hydrogen) atoms. The van der Waals surface area contributed by atoms with Crippen molar-refractivity contribution in [1.29, 1.82) is 0 Å². The lowest BCUT2D eigenvalue weighted by Gasteiger charge is -2.07. The van der Waals surface area contributed by atoms with Crippen LogP contribution in [0.4, 0.5) is 5.82 Å². The van der Waals surface area contributed by atoms with Crippen LogP contribution in [0.15, 0.2) is 54.7 Å². The summed E-state index contributed by atoms with van der Waals surface area (Å²) >= 11 is 0. The maximum atomic E-state index is 5.73. The van der Waals surface area contributed by atoms with Crippen molar-refractivity contribution in [1.82, 2.24) is 9.97 Å². The third-order valence-corrected chi connectivity index (χ3v) is 2.78. The molecule has 0 aliphatic rings. The number of nitrogens with zero attached hydrogens (tertiary/aromatic N) is 2. The molecule has 0 amide bonds. The number of hydrogen-bond donors (Lipinski definition) is 1. The first-order valence-electron chi connectivity index (χ1n) is 6.00. The maximum absolute atomic E-state index is 5.73. The number of hydrogen-bond acceptors (Lipinski definition) is 4. The SMILES string of the molecule is Nc1cnc2cc(OCc3ccccc3)ccc2n1. The second-order valence-electron chi connectivity index (χ2n) is 4.22. The van der Waals surface area contributed by atoms with Gasteiger partial charge in [-0.2, -0.15) is 0 Å². The number of nitrogen functional groups attached to an aromatic ring is 1. The molecule has 0 saturated heterocycles. The molecule has 0 saturated carbocycles. The van der Waals surface area contributed by atoms with Crippen molar-refractivity contribution in [3.63, 3.8) is 0 Å². The molecule has 4 nitrogen and oxygen atoms in total. The molecule has 0 atom stereocenters. The number of anilines is 1. The summed E-state index contributed by atoms with van der Waals surface area (Å²) in [7, 11) is 0. The normalized spacial score (nSPS) is 10.5. The first kappa shape index (κ1) is 11.5.